The molecule has 0 saturated heterocycles. The van der Waals surface area contributed by atoms with Crippen molar-refractivity contribution in [1.29, 1.82) is 0 Å². The van der Waals surface area contributed by atoms with Gasteiger partial charge in [-0.25, -0.2) is 0 Å². The molecule has 0 aromatic carbocycles. The van der Waals surface area contributed by atoms with Crippen LogP contribution in [0.15, 0.2) is 10.6 Å². The third-order valence-electron chi connectivity index (χ3n) is 1.50. The molecule has 0 fully saturated rings. The van der Waals surface area contributed by atoms with Gasteiger partial charge in [-0.15, -0.1) is 5.92 Å². The summed E-state index contributed by atoms with van der Waals surface area (Å²) in [5.41, 5.74) is -0.749. The summed E-state index contributed by atoms with van der Waals surface area (Å²) in [5.74, 6) is 5.94. The largest absolute Gasteiger partial charge is 0.372 e. The summed E-state index contributed by atoms with van der Waals surface area (Å²) in [4.78, 5) is 0. The monoisotopic (exact) mass is 225 g/mol. The first-order valence-corrected chi connectivity index (χ1v) is 5.66. The zero-order chi connectivity index (χ0) is 13.2. The number of hydrogen-bond acceptors (Lipinski definition) is 3. The van der Waals surface area contributed by atoms with Crippen LogP contribution in [0.2, 0.25) is 0 Å². The standard InChI is InChI=1S/C9H11NO2.2C2H6/c1-4-5-9(3,11)8-6-7(2)12-10-8;2*1-2/h6,11H,1-3H3;2*1-2H3. The van der Waals surface area contributed by atoms with E-state index in [1.54, 1.807) is 26.8 Å². The van der Waals surface area contributed by atoms with Gasteiger partial charge in [-0.3, -0.25) is 0 Å². The summed E-state index contributed by atoms with van der Waals surface area (Å²) >= 11 is 0. The molecule has 92 valence electrons. The molecule has 1 atom stereocenters. The molecule has 16 heavy (non-hydrogen) atoms. The van der Waals surface area contributed by atoms with E-state index in [9.17, 15) is 5.11 Å². The summed E-state index contributed by atoms with van der Waals surface area (Å²) in [7, 11) is 0. The molecule has 0 saturated carbocycles. The maximum atomic E-state index is 9.70. The highest BCUT2D eigenvalue weighted by molar-refractivity contribution is 5.24. The number of aromatic nitrogens is 1. The molecule has 1 rings (SSSR count). The lowest BCUT2D eigenvalue weighted by Gasteiger charge is -2.10. The third-order valence-corrected chi connectivity index (χ3v) is 1.50. The van der Waals surface area contributed by atoms with Crippen molar-refractivity contribution in [3.8, 4) is 11.8 Å². The Morgan fingerprint density at radius 2 is 1.81 bits per heavy atom. The molecule has 0 aliphatic heterocycles. The topological polar surface area (TPSA) is 46.3 Å². The van der Waals surface area contributed by atoms with E-state index in [4.69, 9.17) is 4.52 Å². The number of aryl methyl sites for hydroxylation is 1. The predicted molar refractivity (Wildman–Crippen MR) is 67.0 cm³/mol. The Labute approximate surface area is 98.9 Å². The quantitative estimate of drug-likeness (QED) is 0.746. The Hall–Kier alpha value is -1.27. The second-order valence-electron chi connectivity index (χ2n) is 2.77. The molecular formula is C13H23NO2. The summed E-state index contributed by atoms with van der Waals surface area (Å²) in [6.45, 7) is 13.0. The van der Waals surface area contributed by atoms with Crippen molar-refractivity contribution in [2.45, 2.75) is 54.1 Å². The predicted octanol–water partition coefficient (Wildman–Crippen LogP) is 3.27. The Balaban J connectivity index is 0. The highest BCUT2D eigenvalue weighted by Gasteiger charge is 2.23. The van der Waals surface area contributed by atoms with Crippen molar-refractivity contribution in [2.75, 3.05) is 0 Å². The van der Waals surface area contributed by atoms with Gasteiger partial charge in [0.2, 0.25) is 0 Å². The number of rotatable bonds is 1. The van der Waals surface area contributed by atoms with Crippen molar-refractivity contribution in [1.82, 2.24) is 5.16 Å². The molecule has 0 spiro atoms. The number of hydrogen-bond donors (Lipinski definition) is 1. The molecule has 0 amide bonds. The molecule has 0 radical (unpaired) electrons. The first-order valence-electron chi connectivity index (χ1n) is 5.66. The third kappa shape index (κ3) is 5.57. The average Bonchev–Trinajstić information content (AvgIpc) is 2.71. The van der Waals surface area contributed by atoms with Gasteiger partial charge in [0.25, 0.3) is 0 Å². The molecule has 1 N–H and O–H groups in total. The molecule has 3 heteroatoms. The van der Waals surface area contributed by atoms with Crippen LogP contribution in [-0.4, -0.2) is 10.3 Å². The fraction of sp³-hybridized carbons (Fsp3) is 0.615. The van der Waals surface area contributed by atoms with Crippen LogP contribution in [0.5, 0.6) is 0 Å². The Morgan fingerprint density at radius 1 is 1.31 bits per heavy atom. The highest BCUT2D eigenvalue weighted by atomic mass is 16.5. The van der Waals surface area contributed by atoms with E-state index in [1.165, 1.54) is 0 Å². The zero-order valence-electron chi connectivity index (χ0n) is 11.4. The van der Waals surface area contributed by atoms with Crippen LogP contribution in [0, 0.1) is 18.8 Å². The summed E-state index contributed by atoms with van der Waals surface area (Å²) in [6.07, 6.45) is 0. The van der Waals surface area contributed by atoms with Gasteiger partial charge in [0, 0.05) is 6.07 Å². The van der Waals surface area contributed by atoms with E-state index < -0.39 is 5.60 Å². The zero-order valence-corrected chi connectivity index (χ0v) is 11.4. The van der Waals surface area contributed by atoms with Crippen molar-refractivity contribution in [3.05, 3.63) is 17.5 Å². The smallest absolute Gasteiger partial charge is 0.168 e. The Bertz CT molecular complexity index is 329. The van der Waals surface area contributed by atoms with Gasteiger partial charge in [0.1, 0.15) is 11.5 Å². The van der Waals surface area contributed by atoms with Gasteiger partial charge in [0.15, 0.2) is 5.60 Å². The lowest BCUT2D eigenvalue weighted by atomic mass is 10.0. The van der Waals surface area contributed by atoms with Crippen molar-refractivity contribution >= 4 is 0 Å². The van der Waals surface area contributed by atoms with Gasteiger partial charge in [0.05, 0.1) is 0 Å². The average molecular weight is 225 g/mol. The fourth-order valence-corrected chi connectivity index (χ4v) is 0.903. The van der Waals surface area contributed by atoms with E-state index in [0.29, 0.717) is 11.5 Å². The van der Waals surface area contributed by atoms with Gasteiger partial charge >= 0.3 is 0 Å². The van der Waals surface area contributed by atoms with Crippen molar-refractivity contribution < 1.29 is 9.63 Å². The first-order chi connectivity index (χ1) is 7.56. The molecular weight excluding hydrogens is 202 g/mol. The van der Waals surface area contributed by atoms with Crippen LogP contribution < -0.4 is 0 Å². The minimum absolute atomic E-state index is 0.453. The van der Waals surface area contributed by atoms with Crippen LogP contribution in [0.1, 0.15) is 53.0 Å². The van der Waals surface area contributed by atoms with Gasteiger partial charge < -0.3 is 9.63 Å². The molecule has 0 bridgehead atoms. The maximum Gasteiger partial charge on any atom is 0.168 e. The van der Waals surface area contributed by atoms with E-state index in [-0.39, 0.29) is 0 Å². The lowest BCUT2D eigenvalue weighted by Crippen LogP contribution is -2.18. The number of nitrogens with zero attached hydrogens (tertiary/aromatic N) is 1. The first kappa shape index (κ1) is 17.1. The van der Waals surface area contributed by atoms with E-state index >= 15 is 0 Å². The van der Waals surface area contributed by atoms with E-state index in [2.05, 4.69) is 17.0 Å². The van der Waals surface area contributed by atoms with Gasteiger partial charge in [-0.05, 0) is 20.8 Å². The fourth-order valence-electron chi connectivity index (χ4n) is 0.903. The molecule has 0 aliphatic carbocycles. The molecule has 1 aromatic heterocycles. The normalized spacial score (nSPS) is 11.8. The molecule has 0 aliphatic rings. The van der Waals surface area contributed by atoms with E-state index in [1.807, 2.05) is 27.7 Å². The minimum Gasteiger partial charge on any atom is -0.372 e. The van der Waals surface area contributed by atoms with E-state index in [0.717, 1.165) is 0 Å². The van der Waals surface area contributed by atoms with Crippen LogP contribution >= 0.6 is 0 Å². The molecule has 3 nitrogen and oxygen atoms in total. The second-order valence-corrected chi connectivity index (χ2v) is 2.77. The lowest BCUT2D eigenvalue weighted by molar-refractivity contribution is 0.112. The number of aliphatic hydroxyl groups is 1. The summed E-state index contributed by atoms with van der Waals surface area (Å²) in [5, 5.41) is 13.4. The molecule has 1 aromatic rings. The van der Waals surface area contributed by atoms with Crippen LogP contribution in [0.3, 0.4) is 0 Å². The molecule has 1 heterocycles. The SMILES string of the molecule is CC.CC.CC#CC(C)(O)c1cc(C)on1. The van der Waals surface area contributed by atoms with Crippen molar-refractivity contribution in [2.24, 2.45) is 0 Å². The highest BCUT2D eigenvalue weighted by Crippen LogP contribution is 2.18. The molecule has 1 unspecified atom stereocenters. The van der Waals surface area contributed by atoms with Crippen molar-refractivity contribution in [3.63, 3.8) is 0 Å². The van der Waals surface area contributed by atoms with Gasteiger partial charge in [-0.2, -0.15) is 0 Å². The minimum atomic E-state index is -1.20. The van der Waals surface area contributed by atoms with Crippen LogP contribution in [0.25, 0.3) is 0 Å². The Morgan fingerprint density at radius 3 is 2.12 bits per heavy atom. The second kappa shape index (κ2) is 8.99. The Kier molecular flexibility index (Phi) is 9.63. The van der Waals surface area contributed by atoms with Crippen LogP contribution in [-0.2, 0) is 5.60 Å². The van der Waals surface area contributed by atoms with Gasteiger partial charge in [-0.1, -0.05) is 38.8 Å². The summed E-state index contributed by atoms with van der Waals surface area (Å²) in [6, 6.07) is 1.67. The van der Waals surface area contributed by atoms with Crippen LogP contribution in [0.4, 0.5) is 0 Å². The summed E-state index contributed by atoms with van der Waals surface area (Å²) < 4.78 is 4.82. The maximum absolute atomic E-state index is 9.70.